The minimum absolute atomic E-state index is 0.342. The number of nitrogens with zero attached hydrogens (tertiary/aromatic N) is 4. The lowest BCUT2D eigenvalue weighted by molar-refractivity contribution is 0.467. The van der Waals surface area contributed by atoms with Gasteiger partial charge in [0, 0.05) is 6.07 Å². The Bertz CT molecular complexity index is 1350. The van der Waals surface area contributed by atoms with E-state index < -0.39 is 0 Å². The third-order valence-corrected chi connectivity index (χ3v) is 4.90. The number of fused-ring (bicyclic) bond motifs is 2. The molecular weight excluding hydrogens is 364 g/mol. The normalized spacial score (nSPS) is 11.3. The second-order valence-corrected chi connectivity index (χ2v) is 6.95. The summed E-state index contributed by atoms with van der Waals surface area (Å²) in [5, 5.41) is 5.12. The Morgan fingerprint density at radius 1 is 1.15 bits per heavy atom. The smallest absolute Gasteiger partial charge is 0.396 e. The first-order valence-electron chi connectivity index (χ1n) is 8.15. The number of ether oxygens (including phenoxy) is 1. The maximum atomic E-state index is 11.4. The molecule has 0 fully saturated rings. The quantitative estimate of drug-likeness (QED) is 0.472. The summed E-state index contributed by atoms with van der Waals surface area (Å²) in [6.45, 7) is 2.03. The van der Waals surface area contributed by atoms with Crippen LogP contribution in [0.5, 0.6) is 11.6 Å². The maximum absolute atomic E-state index is 11.4. The fourth-order valence-electron chi connectivity index (χ4n) is 2.88. The first-order valence-corrected chi connectivity index (χ1v) is 8.96. The van der Waals surface area contributed by atoms with Gasteiger partial charge in [0.1, 0.15) is 17.5 Å². The van der Waals surface area contributed by atoms with Crippen LogP contribution in [-0.2, 0) is 0 Å². The summed E-state index contributed by atoms with van der Waals surface area (Å²) >= 11 is 1.06. The Kier molecular flexibility index (Phi) is 3.51. The van der Waals surface area contributed by atoms with Gasteiger partial charge in [0.05, 0.1) is 16.6 Å². The molecule has 7 nitrogen and oxygen atoms in total. The van der Waals surface area contributed by atoms with E-state index in [-0.39, 0.29) is 4.94 Å². The van der Waals surface area contributed by atoms with Crippen molar-refractivity contribution in [1.29, 1.82) is 0 Å². The van der Waals surface area contributed by atoms with E-state index in [2.05, 4.69) is 15.1 Å². The Labute approximate surface area is 156 Å². The zero-order chi connectivity index (χ0) is 18.4. The summed E-state index contributed by atoms with van der Waals surface area (Å²) in [7, 11) is 0. The highest BCUT2D eigenvalue weighted by molar-refractivity contribution is 7.16. The number of aromatic nitrogens is 4. The van der Waals surface area contributed by atoms with Gasteiger partial charge in [-0.1, -0.05) is 23.5 Å². The summed E-state index contributed by atoms with van der Waals surface area (Å²) in [6.07, 6.45) is 3.12. The predicted molar refractivity (Wildman–Crippen MR) is 102 cm³/mol. The van der Waals surface area contributed by atoms with Crippen molar-refractivity contribution in [3.05, 3.63) is 70.3 Å². The molecule has 132 valence electrons. The Morgan fingerprint density at radius 2 is 2.07 bits per heavy atom. The van der Waals surface area contributed by atoms with Gasteiger partial charge >= 0.3 is 4.94 Å². The second-order valence-electron chi connectivity index (χ2n) is 5.98. The van der Waals surface area contributed by atoms with Gasteiger partial charge in [-0.15, -0.1) is 0 Å². The molecule has 8 heteroatoms. The van der Waals surface area contributed by atoms with Gasteiger partial charge in [-0.25, -0.2) is 19.4 Å². The van der Waals surface area contributed by atoms with Crippen LogP contribution in [0.1, 0.15) is 5.56 Å². The zero-order valence-electron chi connectivity index (χ0n) is 14.1. The third-order valence-electron chi connectivity index (χ3n) is 4.09. The van der Waals surface area contributed by atoms with E-state index in [9.17, 15) is 4.79 Å². The SMILES string of the molecule is Cc1cccc(-n2ncc3c(Oc4ccc5sc(=O)oc5c4)ncnc32)c1. The van der Waals surface area contributed by atoms with Crippen LogP contribution in [0, 0.1) is 6.92 Å². The first kappa shape index (κ1) is 15.7. The molecule has 0 spiro atoms. The van der Waals surface area contributed by atoms with Gasteiger partial charge in [0.15, 0.2) is 11.2 Å². The fraction of sp³-hybridized carbons (Fsp3) is 0.0526. The molecule has 2 aromatic carbocycles. The molecule has 5 aromatic rings. The van der Waals surface area contributed by atoms with E-state index in [1.807, 2.05) is 31.2 Å². The molecule has 3 aromatic heterocycles. The Hall–Kier alpha value is -3.52. The van der Waals surface area contributed by atoms with Crippen molar-refractivity contribution in [2.75, 3.05) is 0 Å². The molecule has 3 heterocycles. The van der Waals surface area contributed by atoms with E-state index in [1.54, 1.807) is 29.1 Å². The number of hydrogen-bond acceptors (Lipinski definition) is 7. The molecule has 0 amide bonds. The van der Waals surface area contributed by atoms with Crippen LogP contribution in [0.25, 0.3) is 27.0 Å². The molecule has 5 rings (SSSR count). The molecule has 0 saturated heterocycles. The Morgan fingerprint density at radius 3 is 2.96 bits per heavy atom. The van der Waals surface area contributed by atoms with Crippen LogP contribution in [0.15, 0.2) is 64.2 Å². The minimum Gasteiger partial charge on any atom is -0.438 e. The largest absolute Gasteiger partial charge is 0.438 e. The number of benzene rings is 2. The van der Waals surface area contributed by atoms with Gasteiger partial charge in [0.25, 0.3) is 0 Å². The highest BCUT2D eigenvalue weighted by atomic mass is 32.1. The molecule has 0 aliphatic carbocycles. The topological polar surface area (TPSA) is 83.0 Å². The summed E-state index contributed by atoms with van der Waals surface area (Å²) in [6, 6.07) is 13.2. The van der Waals surface area contributed by atoms with Crippen LogP contribution in [-0.4, -0.2) is 19.7 Å². The van der Waals surface area contributed by atoms with Gasteiger partial charge in [-0.05, 0) is 36.8 Å². The standard InChI is InChI=1S/C19H12N4O3S/c1-11-3-2-4-12(7-11)23-17-14(9-22-23)18(21-10-20-17)25-13-5-6-16-15(8-13)26-19(24)27-16/h2-10H,1H3. The Balaban J connectivity index is 1.58. The molecule has 0 radical (unpaired) electrons. The van der Waals surface area contributed by atoms with Crippen LogP contribution in [0.4, 0.5) is 0 Å². The summed E-state index contributed by atoms with van der Waals surface area (Å²) < 4.78 is 13.6. The fourth-order valence-corrected chi connectivity index (χ4v) is 3.53. The zero-order valence-corrected chi connectivity index (χ0v) is 14.9. The molecule has 0 aliphatic rings. The average Bonchev–Trinajstić information content (AvgIpc) is 3.24. The molecule has 0 N–H and O–H groups in total. The summed E-state index contributed by atoms with van der Waals surface area (Å²) in [5.41, 5.74) is 3.18. The molecule has 0 saturated carbocycles. The number of hydrogen-bond donors (Lipinski definition) is 0. The van der Waals surface area contributed by atoms with Crippen LogP contribution < -0.4 is 9.68 Å². The van der Waals surface area contributed by atoms with Crippen molar-refractivity contribution in [2.24, 2.45) is 0 Å². The third kappa shape index (κ3) is 2.76. The average molecular weight is 376 g/mol. The van der Waals surface area contributed by atoms with Gasteiger partial charge in [-0.2, -0.15) is 5.10 Å². The molecule has 0 atom stereocenters. The van der Waals surface area contributed by atoms with Crippen LogP contribution in [0.3, 0.4) is 0 Å². The highest BCUT2D eigenvalue weighted by Crippen LogP contribution is 2.30. The van der Waals surface area contributed by atoms with E-state index in [1.165, 1.54) is 6.33 Å². The van der Waals surface area contributed by atoms with Crippen LogP contribution in [0.2, 0.25) is 0 Å². The highest BCUT2D eigenvalue weighted by Gasteiger charge is 2.13. The van der Waals surface area contributed by atoms with Gasteiger partial charge in [-0.3, -0.25) is 0 Å². The van der Waals surface area contributed by atoms with E-state index >= 15 is 0 Å². The first-order chi connectivity index (χ1) is 13.2. The monoisotopic (exact) mass is 376 g/mol. The van der Waals surface area contributed by atoms with E-state index in [0.29, 0.717) is 28.2 Å². The minimum atomic E-state index is -0.342. The van der Waals surface area contributed by atoms with E-state index in [4.69, 9.17) is 9.15 Å². The summed E-state index contributed by atoms with van der Waals surface area (Å²) in [5.74, 6) is 0.906. The number of rotatable bonds is 3. The van der Waals surface area contributed by atoms with E-state index in [0.717, 1.165) is 27.3 Å². The number of aryl methyl sites for hydroxylation is 1. The lowest BCUT2D eigenvalue weighted by Crippen LogP contribution is -1.98. The summed E-state index contributed by atoms with van der Waals surface area (Å²) in [4.78, 5) is 19.6. The molecule has 0 bridgehead atoms. The van der Waals surface area contributed by atoms with Crippen molar-refractivity contribution < 1.29 is 9.15 Å². The van der Waals surface area contributed by atoms with Crippen molar-refractivity contribution in [3.8, 4) is 17.3 Å². The van der Waals surface area contributed by atoms with Gasteiger partial charge in [0.2, 0.25) is 5.88 Å². The molecule has 0 aliphatic heterocycles. The second kappa shape index (κ2) is 6.03. The maximum Gasteiger partial charge on any atom is 0.396 e. The lowest BCUT2D eigenvalue weighted by atomic mass is 10.2. The predicted octanol–water partition coefficient (Wildman–Crippen LogP) is 4.08. The van der Waals surface area contributed by atoms with Crippen molar-refractivity contribution in [3.63, 3.8) is 0 Å². The molecule has 27 heavy (non-hydrogen) atoms. The van der Waals surface area contributed by atoms with Gasteiger partial charge < -0.3 is 9.15 Å². The van der Waals surface area contributed by atoms with Crippen LogP contribution >= 0.6 is 11.3 Å². The lowest BCUT2D eigenvalue weighted by Gasteiger charge is -2.06. The van der Waals surface area contributed by atoms with Crippen molar-refractivity contribution >= 4 is 32.7 Å². The molecular formula is C19H12N4O3S. The van der Waals surface area contributed by atoms with Crippen molar-refractivity contribution in [2.45, 2.75) is 6.92 Å². The molecule has 0 unspecified atom stereocenters. The van der Waals surface area contributed by atoms with Crippen molar-refractivity contribution in [1.82, 2.24) is 19.7 Å².